The zero-order chi connectivity index (χ0) is 20.1. The van der Waals surface area contributed by atoms with Crippen molar-refractivity contribution in [1.82, 2.24) is 0 Å². The first kappa shape index (κ1) is 20.3. The zero-order valence-electron chi connectivity index (χ0n) is 15.3. The molecule has 0 spiro atoms. The average Bonchev–Trinajstić information content (AvgIpc) is 2.65. The molecule has 4 nitrogen and oxygen atoms in total. The third-order valence-corrected chi connectivity index (χ3v) is 4.95. The molecular weight excluding hydrogens is 374 g/mol. The van der Waals surface area contributed by atoms with Crippen molar-refractivity contribution in [2.24, 2.45) is 0 Å². The van der Waals surface area contributed by atoms with E-state index < -0.39 is 11.7 Å². The van der Waals surface area contributed by atoms with Crippen LogP contribution in [-0.4, -0.2) is 38.6 Å². The molecule has 1 heterocycles. The molecule has 8 heteroatoms. The van der Waals surface area contributed by atoms with Crippen molar-refractivity contribution in [2.45, 2.75) is 12.7 Å². The highest BCUT2D eigenvalue weighted by Gasteiger charge is 2.31. The van der Waals surface area contributed by atoms with Gasteiger partial charge >= 0.3 is 6.18 Å². The molecule has 0 aliphatic carbocycles. The van der Waals surface area contributed by atoms with Crippen molar-refractivity contribution >= 4 is 11.6 Å². The molecule has 0 aromatic heterocycles. The maximum Gasteiger partial charge on any atom is 0.416 e. The number of hydrogen-bond acceptors (Lipinski definition) is 1. The van der Waals surface area contributed by atoms with Gasteiger partial charge in [-0.15, -0.1) is 0 Å². The summed E-state index contributed by atoms with van der Waals surface area (Å²) in [4.78, 5) is 14.5. The van der Waals surface area contributed by atoms with E-state index in [2.05, 4.69) is 5.32 Å². The fourth-order valence-electron chi connectivity index (χ4n) is 3.43. The Kier molecular flexibility index (Phi) is 6.31. The van der Waals surface area contributed by atoms with Crippen molar-refractivity contribution in [3.05, 3.63) is 65.5 Å². The predicted octanol–water partition coefficient (Wildman–Crippen LogP) is 0.767. The number of rotatable bonds is 5. The van der Waals surface area contributed by atoms with Crippen LogP contribution in [0, 0.1) is 5.82 Å². The molecule has 3 rings (SSSR count). The molecule has 0 bridgehead atoms. The number of amides is 1. The maximum atomic E-state index is 13.8. The number of carbonyl (C=O) groups is 1. The second-order valence-corrected chi connectivity index (χ2v) is 7.07. The van der Waals surface area contributed by atoms with Crippen molar-refractivity contribution < 1.29 is 32.2 Å². The van der Waals surface area contributed by atoms with Crippen LogP contribution in [0.3, 0.4) is 0 Å². The van der Waals surface area contributed by atoms with Gasteiger partial charge in [0.25, 0.3) is 5.91 Å². The minimum atomic E-state index is -4.44. The van der Waals surface area contributed by atoms with Crippen LogP contribution < -0.4 is 15.1 Å². The van der Waals surface area contributed by atoms with Gasteiger partial charge in [0.2, 0.25) is 0 Å². The van der Waals surface area contributed by atoms with E-state index in [-0.39, 0.29) is 24.0 Å². The Morgan fingerprint density at radius 2 is 1.64 bits per heavy atom. The van der Waals surface area contributed by atoms with Gasteiger partial charge in [0.05, 0.1) is 5.56 Å². The van der Waals surface area contributed by atoms with E-state index in [1.54, 1.807) is 12.1 Å². The molecule has 0 unspecified atom stereocenters. The Labute approximate surface area is 160 Å². The molecule has 0 saturated carbocycles. The first-order valence-corrected chi connectivity index (χ1v) is 9.19. The van der Waals surface area contributed by atoms with Crippen LogP contribution in [0.5, 0.6) is 0 Å². The van der Waals surface area contributed by atoms with Gasteiger partial charge in [-0.05, 0) is 24.3 Å². The summed E-state index contributed by atoms with van der Waals surface area (Å²) in [5, 5.41) is 2.54. The van der Waals surface area contributed by atoms with Gasteiger partial charge in [0.1, 0.15) is 38.5 Å². The second kappa shape index (κ2) is 8.70. The monoisotopic (exact) mass is 397 g/mol. The summed E-state index contributed by atoms with van der Waals surface area (Å²) in [7, 11) is 0. The number of alkyl halides is 3. The predicted molar refractivity (Wildman–Crippen MR) is 96.4 cm³/mol. The van der Waals surface area contributed by atoms with Crippen LogP contribution in [0.4, 0.5) is 23.2 Å². The van der Waals surface area contributed by atoms with Crippen molar-refractivity contribution in [3.63, 3.8) is 0 Å². The van der Waals surface area contributed by atoms with E-state index in [1.807, 2.05) is 6.07 Å². The quantitative estimate of drug-likeness (QED) is 0.641. The van der Waals surface area contributed by atoms with Gasteiger partial charge in [-0.3, -0.25) is 4.79 Å². The largest absolute Gasteiger partial charge is 0.416 e. The molecule has 28 heavy (non-hydrogen) atoms. The Morgan fingerprint density at radius 1 is 0.964 bits per heavy atom. The third-order valence-electron chi connectivity index (χ3n) is 4.95. The van der Waals surface area contributed by atoms with Gasteiger partial charge in [-0.1, -0.05) is 24.3 Å². The SMILES string of the molecule is O=C(C[NH+]1CC[NH+](Cc2ccccc2F)CC1)Nc1cccc(C(F)(F)F)c1. The number of quaternary nitrogens is 2. The molecule has 0 atom stereocenters. The number of carbonyl (C=O) groups excluding carboxylic acids is 1. The summed E-state index contributed by atoms with van der Waals surface area (Å²) in [6, 6.07) is 11.3. The lowest BCUT2D eigenvalue weighted by Gasteiger charge is -2.29. The fourth-order valence-corrected chi connectivity index (χ4v) is 3.43. The summed E-state index contributed by atoms with van der Waals surface area (Å²) in [6.07, 6.45) is -4.44. The summed E-state index contributed by atoms with van der Waals surface area (Å²) < 4.78 is 52.0. The number of nitrogens with one attached hydrogen (secondary N) is 3. The number of halogens is 4. The van der Waals surface area contributed by atoms with Gasteiger partial charge in [0, 0.05) is 11.3 Å². The first-order chi connectivity index (χ1) is 13.3. The number of piperazine rings is 1. The van der Waals surface area contributed by atoms with Crippen molar-refractivity contribution in [1.29, 1.82) is 0 Å². The number of benzene rings is 2. The first-order valence-electron chi connectivity index (χ1n) is 9.19. The van der Waals surface area contributed by atoms with Crippen LogP contribution in [0.25, 0.3) is 0 Å². The van der Waals surface area contributed by atoms with E-state index >= 15 is 0 Å². The number of anilines is 1. The molecule has 150 valence electrons. The van der Waals surface area contributed by atoms with E-state index in [0.717, 1.165) is 43.2 Å². The minimum Gasteiger partial charge on any atom is -0.322 e. The molecule has 1 aliphatic heterocycles. The second-order valence-electron chi connectivity index (χ2n) is 7.07. The number of hydrogen-bond donors (Lipinski definition) is 3. The van der Waals surface area contributed by atoms with Crippen molar-refractivity contribution in [2.75, 3.05) is 38.0 Å². The third kappa shape index (κ3) is 5.53. The molecule has 1 saturated heterocycles. The molecule has 0 radical (unpaired) electrons. The van der Waals surface area contributed by atoms with E-state index in [9.17, 15) is 22.4 Å². The molecule has 1 fully saturated rings. The maximum absolute atomic E-state index is 13.8. The van der Waals surface area contributed by atoms with E-state index in [1.165, 1.54) is 23.1 Å². The van der Waals surface area contributed by atoms with E-state index in [0.29, 0.717) is 12.1 Å². The summed E-state index contributed by atoms with van der Waals surface area (Å²) >= 11 is 0. The highest BCUT2D eigenvalue weighted by atomic mass is 19.4. The molecule has 1 amide bonds. The van der Waals surface area contributed by atoms with Crippen LogP contribution in [0.15, 0.2) is 48.5 Å². The normalized spacial score (nSPS) is 20.0. The summed E-state index contributed by atoms with van der Waals surface area (Å²) in [6.45, 7) is 3.92. The Morgan fingerprint density at radius 3 is 2.32 bits per heavy atom. The zero-order valence-corrected chi connectivity index (χ0v) is 15.3. The average molecular weight is 397 g/mol. The van der Waals surface area contributed by atoms with Crippen LogP contribution in [0.1, 0.15) is 11.1 Å². The summed E-state index contributed by atoms with van der Waals surface area (Å²) in [5.74, 6) is -0.517. The van der Waals surface area contributed by atoms with Crippen LogP contribution in [-0.2, 0) is 17.5 Å². The minimum absolute atomic E-state index is 0.142. The van der Waals surface area contributed by atoms with Crippen LogP contribution >= 0.6 is 0 Å². The smallest absolute Gasteiger partial charge is 0.322 e. The molecule has 2 aromatic carbocycles. The highest BCUT2D eigenvalue weighted by molar-refractivity contribution is 5.91. The Hall–Kier alpha value is -2.45. The van der Waals surface area contributed by atoms with Gasteiger partial charge in [0.15, 0.2) is 6.54 Å². The lowest BCUT2D eigenvalue weighted by molar-refractivity contribution is -1.02. The molecular formula is C20H23F4N3O+2. The Balaban J connectivity index is 1.47. The lowest BCUT2D eigenvalue weighted by Crippen LogP contribution is -3.28. The van der Waals surface area contributed by atoms with E-state index in [4.69, 9.17) is 0 Å². The molecule has 1 aliphatic rings. The molecule has 3 N–H and O–H groups in total. The lowest BCUT2D eigenvalue weighted by atomic mass is 10.2. The Bertz CT molecular complexity index is 817. The van der Waals surface area contributed by atoms with Crippen LogP contribution in [0.2, 0.25) is 0 Å². The topological polar surface area (TPSA) is 38.0 Å². The molecule has 2 aromatic rings. The fraction of sp³-hybridized carbons (Fsp3) is 0.350. The van der Waals surface area contributed by atoms with Gasteiger partial charge in [-0.25, -0.2) is 4.39 Å². The standard InChI is InChI=1S/C20H21F4N3O/c21-18-7-2-1-4-15(18)13-26-8-10-27(11-9-26)14-19(28)25-17-6-3-5-16(12-17)20(22,23)24/h1-7,12H,8-11,13-14H2,(H,25,28)/p+2. The van der Waals surface area contributed by atoms with Gasteiger partial charge in [-0.2, -0.15) is 13.2 Å². The summed E-state index contributed by atoms with van der Waals surface area (Å²) in [5.41, 5.74) is 0.0364. The van der Waals surface area contributed by atoms with Crippen molar-refractivity contribution in [3.8, 4) is 0 Å². The van der Waals surface area contributed by atoms with Gasteiger partial charge < -0.3 is 15.1 Å². The highest BCUT2D eigenvalue weighted by Crippen LogP contribution is 2.30.